The Morgan fingerprint density at radius 3 is 2.68 bits per heavy atom. The Labute approximate surface area is 116 Å². The van der Waals surface area contributed by atoms with Gasteiger partial charge in [-0.05, 0) is 23.1 Å². The van der Waals surface area contributed by atoms with Crippen LogP contribution in [0.2, 0.25) is 0 Å². The molecule has 1 heterocycles. The fourth-order valence-electron chi connectivity index (χ4n) is 1.67. The van der Waals surface area contributed by atoms with Gasteiger partial charge in [-0.25, -0.2) is 4.79 Å². The van der Waals surface area contributed by atoms with Crippen molar-refractivity contribution in [3.05, 3.63) is 53.4 Å². The highest BCUT2D eigenvalue weighted by atomic mass is 32.1. The van der Waals surface area contributed by atoms with Crippen molar-refractivity contribution in [1.29, 1.82) is 0 Å². The number of amides is 2. The second-order valence-electron chi connectivity index (χ2n) is 4.16. The van der Waals surface area contributed by atoms with E-state index in [2.05, 4.69) is 10.6 Å². The molecular formula is C14H16N2O2S. The number of aliphatic hydroxyl groups excluding tert-OH is 1. The number of thiophene rings is 1. The van der Waals surface area contributed by atoms with Crippen LogP contribution in [0.1, 0.15) is 5.56 Å². The minimum absolute atomic E-state index is 0.228. The lowest BCUT2D eigenvalue weighted by atomic mass is 10.1. The van der Waals surface area contributed by atoms with Crippen molar-refractivity contribution >= 4 is 22.4 Å². The highest BCUT2D eigenvalue weighted by Crippen LogP contribution is 2.14. The van der Waals surface area contributed by atoms with Crippen LogP contribution in [0.15, 0.2) is 47.8 Å². The number of carbonyl (C=O) groups excluding carboxylic acids is 1. The van der Waals surface area contributed by atoms with E-state index in [-0.39, 0.29) is 12.6 Å². The zero-order chi connectivity index (χ0) is 13.5. The molecule has 0 aliphatic carbocycles. The van der Waals surface area contributed by atoms with E-state index in [1.54, 1.807) is 0 Å². The van der Waals surface area contributed by atoms with Crippen molar-refractivity contribution in [3.63, 3.8) is 0 Å². The van der Waals surface area contributed by atoms with Gasteiger partial charge in [0, 0.05) is 13.0 Å². The molecule has 0 saturated carbocycles. The van der Waals surface area contributed by atoms with Crippen LogP contribution < -0.4 is 10.6 Å². The van der Waals surface area contributed by atoms with Crippen LogP contribution in [-0.4, -0.2) is 23.8 Å². The second kappa shape index (κ2) is 6.92. The van der Waals surface area contributed by atoms with Crippen LogP contribution >= 0.6 is 11.3 Å². The van der Waals surface area contributed by atoms with Gasteiger partial charge in [0.05, 0.1) is 11.1 Å². The van der Waals surface area contributed by atoms with Gasteiger partial charge in [0.25, 0.3) is 0 Å². The summed E-state index contributed by atoms with van der Waals surface area (Å²) in [5.74, 6) is 0. The molecule has 2 amide bonds. The van der Waals surface area contributed by atoms with Crippen molar-refractivity contribution in [2.75, 3.05) is 11.9 Å². The molecule has 1 aromatic heterocycles. The van der Waals surface area contributed by atoms with Crippen molar-refractivity contribution in [1.82, 2.24) is 5.32 Å². The monoisotopic (exact) mass is 276 g/mol. The van der Waals surface area contributed by atoms with Crippen molar-refractivity contribution in [2.24, 2.45) is 0 Å². The van der Waals surface area contributed by atoms with Crippen molar-refractivity contribution in [3.8, 4) is 0 Å². The summed E-state index contributed by atoms with van der Waals surface area (Å²) < 4.78 is 0. The molecule has 100 valence electrons. The fraction of sp³-hybridized carbons (Fsp3) is 0.214. The maximum Gasteiger partial charge on any atom is 0.319 e. The van der Waals surface area contributed by atoms with Gasteiger partial charge in [0.1, 0.15) is 0 Å². The van der Waals surface area contributed by atoms with Crippen LogP contribution in [0, 0.1) is 0 Å². The van der Waals surface area contributed by atoms with Crippen LogP contribution in [0.25, 0.3) is 0 Å². The van der Waals surface area contributed by atoms with Crippen LogP contribution in [-0.2, 0) is 6.42 Å². The van der Waals surface area contributed by atoms with E-state index < -0.39 is 6.10 Å². The summed E-state index contributed by atoms with van der Waals surface area (Å²) in [6.45, 7) is 0.228. The zero-order valence-electron chi connectivity index (χ0n) is 10.4. The zero-order valence-corrected chi connectivity index (χ0v) is 11.2. The highest BCUT2D eigenvalue weighted by molar-refractivity contribution is 7.14. The summed E-state index contributed by atoms with van der Waals surface area (Å²) in [5, 5.41) is 17.9. The van der Waals surface area contributed by atoms with E-state index in [0.29, 0.717) is 6.42 Å². The maximum absolute atomic E-state index is 11.5. The van der Waals surface area contributed by atoms with E-state index >= 15 is 0 Å². The molecule has 3 N–H and O–H groups in total. The van der Waals surface area contributed by atoms with Gasteiger partial charge in [-0.1, -0.05) is 30.3 Å². The van der Waals surface area contributed by atoms with E-state index in [9.17, 15) is 9.90 Å². The normalized spacial score (nSPS) is 11.8. The number of carbonyl (C=O) groups is 1. The minimum atomic E-state index is -0.587. The summed E-state index contributed by atoms with van der Waals surface area (Å²) in [4.78, 5) is 11.5. The predicted molar refractivity (Wildman–Crippen MR) is 77.5 cm³/mol. The lowest BCUT2D eigenvalue weighted by molar-refractivity contribution is 0.172. The van der Waals surface area contributed by atoms with E-state index in [1.165, 1.54) is 11.3 Å². The van der Waals surface area contributed by atoms with Crippen molar-refractivity contribution in [2.45, 2.75) is 12.5 Å². The molecule has 4 nitrogen and oxygen atoms in total. The van der Waals surface area contributed by atoms with Gasteiger partial charge in [-0.3, -0.25) is 5.32 Å². The van der Waals surface area contributed by atoms with Gasteiger partial charge in [0.15, 0.2) is 0 Å². The standard InChI is InChI=1S/C14H16N2O2S/c17-12(9-11-5-2-1-3-6-11)10-15-14(18)16-13-7-4-8-19-13/h1-8,12,17H,9-10H2,(H2,15,16,18). The van der Waals surface area contributed by atoms with Crippen LogP contribution in [0.3, 0.4) is 0 Å². The lowest BCUT2D eigenvalue weighted by Gasteiger charge is -2.12. The number of anilines is 1. The molecule has 2 rings (SSSR count). The third-order valence-corrected chi connectivity index (χ3v) is 3.36. The number of hydrogen-bond acceptors (Lipinski definition) is 3. The Hall–Kier alpha value is -1.85. The Balaban J connectivity index is 1.71. The molecular weight excluding hydrogens is 260 g/mol. The molecule has 5 heteroatoms. The first-order valence-electron chi connectivity index (χ1n) is 6.04. The molecule has 0 bridgehead atoms. The van der Waals surface area contributed by atoms with E-state index in [1.807, 2.05) is 47.8 Å². The van der Waals surface area contributed by atoms with Gasteiger partial charge in [-0.2, -0.15) is 0 Å². The summed E-state index contributed by atoms with van der Waals surface area (Å²) in [6, 6.07) is 13.1. The molecule has 1 atom stereocenters. The third kappa shape index (κ3) is 4.73. The first kappa shape index (κ1) is 13.6. The predicted octanol–water partition coefficient (Wildman–Crippen LogP) is 2.47. The van der Waals surface area contributed by atoms with Crippen LogP contribution in [0.4, 0.5) is 9.80 Å². The van der Waals surface area contributed by atoms with Gasteiger partial charge < -0.3 is 10.4 Å². The summed E-state index contributed by atoms with van der Waals surface area (Å²) >= 11 is 1.45. The largest absolute Gasteiger partial charge is 0.391 e. The number of benzene rings is 1. The number of nitrogens with one attached hydrogen (secondary N) is 2. The number of hydrogen-bond donors (Lipinski definition) is 3. The molecule has 1 unspecified atom stereocenters. The van der Waals surface area contributed by atoms with Crippen LogP contribution in [0.5, 0.6) is 0 Å². The fourth-order valence-corrected chi connectivity index (χ4v) is 2.29. The quantitative estimate of drug-likeness (QED) is 0.785. The SMILES string of the molecule is O=C(NCC(O)Cc1ccccc1)Nc1cccs1. The number of urea groups is 1. The first-order valence-corrected chi connectivity index (χ1v) is 6.92. The Morgan fingerprint density at radius 2 is 2.00 bits per heavy atom. The molecule has 1 aromatic carbocycles. The smallest absolute Gasteiger partial charge is 0.319 e. The summed E-state index contributed by atoms with van der Waals surface area (Å²) in [5.41, 5.74) is 1.05. The van der Waals surface area contributed by atoms with Crippen molar-refractivity contribution < 1.29 is 9.90 Å². The number of aliphatic hydroxyl groups is 1. The lowest BCUT2D eigenvalue weighted by Crippen LogP contribution is -2.35. The molecule has 0 radical (unpaired) electrons. The molecule has 0 fully saturated rings. The molecule has 0 aliphatic rings. The third-order valence-electron chi connectivity index (χ3n) is 2.57. The first-order chi connectivity index (χ1) is 9.24. The molecule has 19 heavy (non-hydrogen) atoms. The Bertz CT molecular complexity index is 499. The average Bonchev–Trinajstić information content (AvgIpc) is 2.90. The van der Waals surface area contributed by atoms with E-state index in [4.69, 9.17) is 0 Å². The van der Waals surface area contributed by atoms with Gasteiger partial charge in [0.2, 0.25) is 0 Å². The summed E-state index contributed by atoms with van der Waals surface area (Å²) in [7, 11) is 0. The molecule has 0 aliphatic heterocycles. The molecule has 0 saturated heterocycles. The number of rotatable bonds is 5. The van der Waals surface area contributed by atoms with Gasteiger partial charge in [-0.15, -0.1) is 11.3 Å². The topological polar surface area (TPSA) is 61.4 Å². The maximum atomic E-state index is 11.5. The summed E-state index contributed by atoms with van der Waals surface area (Å²) in [6.07, 6.45) is -0.0587. The Morgan fingerprint density at radius 1 is 1.21 bits per heavy atom. The highest BCUT2D eigenvalue weighted by Gasteiger charge is 2.08. The second-order valence-corrected chi connectivity index (χ2v) is 5.10. The molecule has 0 spiro atoms. The minimum Gasteiger partial charge on any atom is -0.391 e. The average molecular weight is 276 g/mol. The van der Waals surface area contributed by atoms with Gasteiger partial charge >= 0.3 is 6.03 Å². The van der Waals surface area contributed by atoms with E-state index in [0.717, 1.165) is 10.6 Å². The Kier molecular flexibility index (Phi) is 4.94. The molecule has 2 aromatic rings.